The molecular weight excluding hydrogens is 352 g/mol. The van der Waals surface area contributed by atoms with Crippen LogP contribution < -0.4 is 5.32 Å². The molecule has 6 heteroatoms. The fourth-order valence-corrected chi connectivity index (χ4v) is 3.87. The summed E-state index contributed by atoms with van der Waals surface area (Å²) in [5, 5.41) is 14.7. The Balaban J connectivity index is 1.62. The molecule has 0 unspecified atom stereocenters. The molecule has 0 saturated carbocycles. The monoisotopic (exact) mass is 370 g/mol. The Morgan fingerprint density at radius 1 is 1.14 bits per heavy atom. The number of rotatable bonds is 3. The van der Waals surface area contributed by atoms with E-state index in [0.29, 0.717) is 12.0 Å². The number of carbonyl (C=O) groups excluding carboxylic acids is 1. The average molecular weight is 370 g/mol. The number of carbonyl (C=O) groups is 1. The lowest BCUT2D eigenvalue weighted by Crippen LogP contribution is -2.17. The van der Waals surface area contributed by atoms with Crippen LogP contribution in [0.15, 0.2) is 53.1 Å². The van der Waals surface area contributed by atoms with E-state index in [4.69, 9.17) is 4.52 Å². The number of amides is 1. The van der Waals surface area contributed by atoms with Crippen LogP contribution >= 0.6 is 0 Å². The van der Waals surface area contributed by atoms with Gasteiger partial charge in [-0.25, -0.2) is 0 Å². The molecule has 0 aliphatic heterocycles. The molecule has 0 saturated heterocycles. The van der Waals surface area contributed by atoms with Gasteiger partial charge in [-0.1, -0.05) is 41.6 Å². The first-order valence-corrected chi connectivity index (χ1v) is 9.12. The van der Waals surface area contributed by atoms with Gasteiger partial charge in [0.25, 0.3) is 5.91 Å². The first-order chi connectivity index (χ1) is 13.7. The van der Waals surface area contributed by atoms with Crippen molar-refractivity contribution in [3.05, 3.63) is 71.0 Å². The van der Waals surface area contributed by atoms with Gasteiger partial charge in [-0.15, -0.1) is 0 Å². The van der Waals surface area contributed by atoms with Gasteiger partial charge in [0.1, 0.15) is 11.5 Å². The van der Waals surface area contributed by atoms with Gasteiger partial charge in [-0.3, -0.25) is 9.89 Å². The molecule has 2 heterocycles. The molecule has 138 valence electrons. The molecule has 2 aromatic carbocycles. The summed E-state index contributed by atoms with van der Waals surface area (Å²) in [5.74, 6) is 0.655. The van der Waals surface area contributed by atoms with Crippen LogP contribution in [0.25, 0.3) is 33.8 Å². The van der Waals surface area contributed by atoms with Gasteiger partial charge >= 0.3 is 0 Å². The van der Waals surface area contributed by atoms with Gasteiger partial charge in [-0.05, 0) is 24.6 Å². The summed E-state index contributed by atoms with van der Waals surface area (Å²) in [4.78, 5) is 12.0. The van der Waals surface area contributed by atoms with Gasteiger partial charge in [-0.2, -0.15) is 5.10 Å². The number of hydrogen-bond acceptors (Lipinski definition) is 4. The van der Waals surface area contributed by atoms with Crippen LogP contribution in [0.1, 0.15) is 27.2 Å². The molecule has 0 radical (unpaired) electrons. The van der Waals surface area contributed by atoms with E-state index < -0.39 is 0 Å². The molecule has 6 nitrogen and oxygen atoms in total. The first-order valence-electron chi connectivity index (χ1n) is 9.12. The number of aromatic nitrogens is 3. The van der Waals surface area contributed by atoms with Crippen molar-refractivity contribution in [2.24, 2.45) is 0 Å². The van der Waals surface area contributed by atoms with E-state index in [1.165, 1.54) is 0 Å². The maximum Gasteiger partial charge on any atom is 0.251 e. The van der Waals surface area contributed by atoms with Gasteiger partial charge in [0.15, 0.2) is 0 Å². The molecule has 0 fully saturated rings. The number of benzene rings is 2. The van der Waals surface area contributed by atoms with Crippen molar-refractivity contribution in [3.8, 4) is 33.8 Å². The van der Waals surface area contributed by atoms with Crippen molar-refractivity contribution in [2.75, 3.05) is 7.05 Å². The molecular formula is C22H18N4O2. The third kappa shape index (κ3) is 2.38. The highest BCUT2D eigenvalue weighted by molar-refractivity contribution is 5.96. The molecule has 0 atom stereocenters. The lowest BCUT2D eigenvalue weighted by Gasteiger charge is -2.04. The lowest BCUT2D eigenvalue weighted by molar-refractivity contribution is 0.0963. The predicted octanol–water partition coefficient (Wildman–Crippen LogP) is 3.97. The molecule has 28 heavy (non-hydrogen) atoms. The van der Waals surface area contributed by atoms with E-state index in [-0.39, 0.29) is 5.91 Å². The minimum atomic E-state index is -0.0876. The quantitative estimate of drug-likeness (QED) is 0.503. The van der Waals surface area contributed by atoms with Crippen molar-refractivity contribution >= 4 is 5.91 Å². The SMILES string of the molecule is CNC(=O)c1ccc2c(c1)Cc1c-2n[nH]c1-c1c(-c2ccccc2)noc1C. The van der Waals surface area contributed by atoms with Gasteiger partial charge < -0.3 is 9.84 Å². The molecule has 4 aromatic rings. The molecule has 1 aliphatic rings. The minimum absolute atomic E-state index is 0.0876. The Morgan fingerprint density at radius 3 is 2.75 bits per heavy atom. The zero-order chi connectivity index (χ0) is 19.3. The van der Waals surface area contributed by atoms with Crippen LogP contribution in [-0.4, -0.2) is 28.3 Å². The zero-order valence-corrected chi connectivity index (χ0v) is 15.5. The Labute approximate surface area is 161 Å². The molecule has 2 aromatic heterocycles. The molecule has 1 aliphatic carbocycles. The van der Waals surface area contributed by atoms with Crippen LogP contribution in [0.3, 0.4) is 0 Å². The van der Waals surface area contributed by atoms with Crippen LogP contribution in [0.5, 0.6) is 0 Å². The van der Waals surface area contributed by atoms with E-state index in [9.17, 15) is 4.79 Å². The number of H-pyrrole nitrogens is 1. The number of nitrogens with zero attached hydrogens (tertiary/aromatic N) is 2. The smallest absolute Gasteiger partial charge is 0.251 e. The molecule has 0 spiro atoms. The highest BCUT2D eigenvalue weighted by atomic mass is 16.5. The number of aromatic amines is 1. The molecule has 1 amide bonds. The summed E-state index contributed by atoms with van der Waals surface area (Å²) in [5.41, 5.74) is 8.49. The van der Waals surface area contributed by atoms with Crippen LogP contribution in [0.2, 0.25) is 0 Å². The lowest BCUT2D eigenvalue weighted by atomic mass is 10.00. The van der Waals surface area contributed by atoms with E-state index in [0.717, 1.165) is 50.7 Å². The third-order valence-corrected chi connectivity index (χ3v) is 5.24. The van der Waals surface area contributed by atoms with Gasteiger partial charge in [0.05, 0.1) is 17.0 Å². The fraction of sp³-hybridized carbons (Fsp3) is 0.136. The average Bonchev–Trinajstić information content (AvgIpc) is 3.40. The summed E-state index contributed by atoms with van der Waals surface area (Å²) in [6.45, 7) is 1.91. The van der Waals surface area contributed by atoms with E-state index in [1.54, 1.807) is 7.05 Å². The maximum atomic E-state index is 12.0. The highest BCUT2D eigenvalue weighted by Crippen LogP contribution is 2.43. The van der Waals surface area contributed by atoms with Crippen LogP contribution in [-0.2, 0) is 6.42 Å². The maximum absolute atomic E-state index is 12.0. The minimum Gasteiger partial charge on any atom is -0.360 e. The summed E-state index contributed by atoms with van der Waals surface area (Å²) in [6.07, 6.45) is 0.709. The normalized spacial score (nSPS) is 11.9. The van der Waals surface area contributed by atoms with Crippen molar-refractivity contribution in [3.63, 3.8) is 0 Å². The summed E-state index contributed by atoms with van der Waals surface area (Å²) in [7, 11) is 1.64. The van der Waals surface area contributed by atoms with Crippen molar-refractivity contribution in [2.45, 2.75) is 13.3 Å². The molecule has 5 rings (SSSR count). The summed E-state index contributed by atoms with van der Waals surface area (Å²) >= 11 is 0. The largest absolute Gasteiger partial charge is 0.360 e. The second-order valence-corrected chi connectivity index (χ2v) is 6.88. The Morgan fingerprint density at radius 2 is 1.96 bits per heavy atom. The topological polar surface area (TPSA) is 83.8 Å². The molecule has 2 N–H and O–H groups in total. The van der Waals surface area contributed by atoms with Crippen LogP contribution in [0, 0.1) is 6.92 Å². The van der Waals surface area contributed by atoms with Crippen LogP contribution in [0.4, 0.5) is 0 Å². The second kappa shape index (κ2) is 6.20. The number of hydrogen-bond donors (Lipinski definition) is 2. The summed E-state index contributed by atoms with van der Waals surface area (Å²) in [6, 6.07) is 15.7. The number of nitrogens with one attached hydrogen (secondary N) is 2. The van der Waals surface area contributed by atoms with Crippen molar-refractivity contribution in [1.82, 2.24) is 20.7 Å². The first kappa shape index (κ1) is 16.5. The van der Waals surface area contributed by atoms with E-state index >= 15 is 0 Å². The van der Waals surface area contributed by atoms with Crippen molar-refractivity contribution < 1.29 is 9.32 Å². The van der Waals surface area contributed by atoms with Gasteiger partial charge in [0.2, 0.25) is 0 Å². The fourth-order valence-electron chi connectivity index (χ4n) is 3.87. The Hall–Kier alpha value is -3.67. The van der Waals surface area contributed by atoms with Crippen molar-refractivity contribution in [1.29, 1.82) is 0 Å². The number of aryl methyl sites for hydroxylation is 1. The summed E-state index contributed by atoms with van der Waals surface area (Å²) < 4.78 is 5.53. The Kier molecular flexibility index (Phi) is 3.65. The third-order valence-electron chi connectivity index (χ3n) is 5.24. The van der Waals surface area contributed by atoms with E-state index in [2.05, 4.69) is 20.7 Å². The zero-order valence-electron chi connectivity index (χ0n) is 15.5. The molecule has 0 bridgehead atoms. The van der Waals surface area contributed by atoms with Gasteiger partial charge in [0, 0.05) is 35.7 Å². The Bertz CT molecular complexity index is 1200. The highest BCUT2D eigenvalue weighted by Gasteiger charge is 2.29. The predicted molar refractivity (Wildman–Crippen MR) is 106 cm³/mol. The standard InChI is InChI=1S/C22H18N4O2/c1-12-18(19(26-28-12)13-6-4-3-5-7-13)21-17-11-15-10-14(22(27)23-2)8-9-16(15)20(17)24-25-21/h3-10H,11H2,1-2H3,(H,23,27)(H,24,25). The van der Waals surface area contributed by atoms with E-state index in [1.807, 2.05) is 55.5 Å². The number of fused-ring (bicyclic) bond motifs is 3. The second-order valence-electron chi connectivity index (χ2n) is 6.88.